The number of aromatic nitrogens is 2. The molecule has 174 valence electrons. The Morgan fingerprint density at radius 2 is 1.53 bits per heavy atom. The molecule has 2 aromatic heterocycles. The van der Waals surface area contributed by atoms with E-state index in [0.717, 1.165) is 16.8 Å². The average Bonchev–Trinajstić information content (AvgIpc) is 2.82. The Kier molecular flexibility index (Phi) is 10.9. The number of carbonyl (C=O) groups is 2. The Hall–Kier alpha value is -1.71. The highest BCUT2D eigenvalue weighted by Crippen LogP contribution is 2.29. The Balaban J connectivity index is 0.000000258. The van der Waals surface area contributed by atoms with Gasteiger partial charge in [-0.25, -0.2) is 19.6 Å². The zero-order valence-corrected chi connectivity index (χ0v) is 22.2. The van der Waals surface area contributed by atoms with Crippen LogP contribution in [0.15, 0.2) is 33.5 Å². The Morgan fingerprint density at radius 3 is 2.09 bits per heavy atom. The van der Waals surface area contributed by atoms with E-state index in [2.05, 4.69) is 58.4 Å². The quantitative estimate of drug-likeness (QED) is 0.308. The zero-order chi connectivity index (χ0) is 23.7. The van der Waals surface area contributed by atoms with Crippen LogP contribution in [0.5, 0.6) is 0 Å². The van der Waals surface area contributed by atoms with Crippen LogP contribution in [0.25, 0.3) is 0 Å². The van der Waals surface area contributed by atoms with E-state index in [-0.39, 0.29) is 16.7 Å². The first-order valence-corrected chi connectivity index (χ1v) is 12.2. The molecular formula is C22H26Br2ClN3O4. The van der Waals surface area contributed by atoms with Crippen LogP contribution in [0.3, 0.4) is 0 Å². The molecule has 0 radical (unpaired) electrons. The van der Waals surface area contributed by atoms with Gasteiger partial charge in [-0.2, -0.15) is 0 Å². The third-order valence-electron chi connectivity index (χ3n) is 5.08. The van der Waals surface area contributed by atoms with Gasteiger partial charge in [0, 0.05) is 33.9 Å². The predicted octanol–water partition coefficient (Wildman–Crippen LogP) is 6.07. The normalized spacial score (nSPS) is 13.6. The van der Waals surface area contributed by atoms with Crippen molar-refractivity contribution < 1.29 is 19.1 Å². The van der Waals surface area contributed by atoms with E-state index in [1.807, 2.05) is 0 Å². The van der Waals surface area contributed by atoms with E-state index in [1.165, 1.54) is 52.5 Å². The summed E-state index contributed by atoms with van der Waals surface area (Å²) in [7, 11) is 2.70. The third-order valence-corrected chi connectivity index (χ3v) is 6.25. The Bertz CT molecular complexity index is 939. The van der Waals surface area contributed by atoms with Gasteiger partial charge in [-0.15, -0.1) is 0 Å². The van der Waals surface area contributed by atoms with Gasteiger partial charge in [0.1, 0.15) is 16.5 Å². The van der Waals surface area contributed by atoms with E-state index in [4.69, 9.17) is 16.3 Å². The fraction of sp³-hybridized carbons (Fsp3) is 0.455. The summed E-state index contributed by atoms with van der Waals surface area (Å²) in [6, 6.07) is 3.83. The summed E-state index contributed by atoms with van der Waals surface area (Å²) < 4.78 is 10.9. The Labute approximate surface area is 210 Å². The number of nitrogens with zero attached hydrogens (tertiary/aromatic N) is 3. The molecule has 1 fully saturated rings. The molecule has 0 saturated heterocycles. The molecule has 2 aromatic rings. The van der Waals surface area contributed by atoms with Crippen LogP contribution in [0.1, 0.15) is 59.7 Å². The van der Waals surface area contributed by atoms with Crippen molar-refractivity contribution in [3.05, 3.63) is 49.8 Å². The number of ether oxygens (including phenoxy) is 2. The number of halogens is 3. The lowest BCUT2D eigenvalue weighted by molar-refractivity contribution is 0.0591. The maximum atomic E-state index is 12.0. The minimum Gasteiger partial charge on any atom is -0.465 e. The summed E-state index contributed by atoms with van der Waals surface area (Å²) in [5.74, 6) is -0.0775. The van der Waals surface area contributed by atoms with E-state index in [0.29, 0.717) is 16.1 Å². The van der Waals surface area contributed by atoms with Crippen LogP contribution >= 0.6 is 43.5 Å². The monoisotopic (exact) mass is 589 g/mol. The third kappa shape index (κ3) is 7.15. The van der Waals surface area contributed by atoms with Gasteiger partial charge in [-0.3, -0.25) is 0 Å². The van der Waals surface area contributed by atoms with E-state index < -0.39 is 5.97 Å². The lowest BCUT2D eigenvalue weighted by Crippen LogP contribution is -2.38. The van der Waals surface area contributed by atoms with Crippen LogP contribution in [0.4, 0.5) is 5.82 Å². The summed E-state index contributed by atoms with van der Waals surface area (Å²) >= 11 is 12.2. The summed E-state index contributed by atoms with van der Waals surface area (Å²) in [4.78, 5) is 33.5. The molecule has 10 heteroatoms. The van der Waals surface area contributed by atoms with Gasteiger partial charge in [-0.1, -0.05) is 30.9 Å². The van der Waals surface area contributed by atoms with Gasteiger partial charge >= 0.3 is 11.9 Å². The van der Waals surface area contributed by atoms with E-state index >= 15 is 0 Å². The smallest absolute Gasteiger partial charge is 0.341 e. The van der Waals surface area contributed by atoms with Crippen molar-refractivity contribution in [1.82, 2.24) is 9.97 Å². The molecule has 3 rings (SSSR count). The molecule has 2 heterocycles. The zero-order valence-electron chi connectivity index (χ0n) is 18.2. The van der Waals surface area contributed by atoms with E-state index in [1.54, 1.807) is 18.3 Å². The highest BCUT2D eigenvalue weighted by Gasteiger charge is 2.25. The second-order valence-corrected chi connectivity index (χ2v) is 9.27. The average molecular weight is 592 g/mol. The summed E-state index contributed by atoms with van der Waals surface area (Å²) in [5, 5.41) is 0.144. The number of pyridine rings is 2. The molecule has 0 atom stereocenters. The summed E-state index contributed by atoms with van der Waals surface area (Å²) in [6.45, 7) is 2.96. The highest BCUT2D eigenvalue weighted by atomic mass is 79.9. The molecule has 1 aliphatic rings. The van der Waals surface area contributed by atoms with Crippen LogP contribution in [0.2, 0.25) is 5.15 Å². The first-order valence-electron chi connectivity index (χ1n) is 10.2. The molecule has 0 aliphatic heterocycles. The SMILES string of the molecule is CCN(c1ncc(Br)cc1C(=O)OC)C1CCCCC1.COC(=O)c1cc(Br)cnc1Cl. The molecule has 1 saturated carbocycles. The lowest BCUT2D eigenvalue weighted by Gasteiger charge is -2.35. The molecule has 0 aromatic carbocycles. The molecular weight excluding hydrogens is 566 g/mol. The van der Waals surface area contributed by atoms with Gasteiger partial charge in [0.2, 0.25) is 0 Å². The molecule has 1 aliphatic carbocycles. The number of hydrogen-bond donors (Lipinski definition) is 0. The van der Waals surface area contributed by atoms with Crippen molar-refractivity contribution in [2.45, 2.75) is 45.1 Å². The van der Waals surface area contributed by atoms with Crippen LogP contribution in [0, 0.1) is 0 Å². The maximum Gasteiger partial charge on any atom is 0.341 e. The Morgan fingerprint density at radius 1 is 1.00 bits per heavy atom. The molecule has 32 heavy (non-hydrogen) atoms. The second kappa shape index (κ2) is 13.1. The van der Waals surface area contributed by atoms with Gasteiger partial charge in [0.05, 0.1) is 19.8 Å². The summed E-state index contributed by atoms with van der Waals surface area (Å²) in [5.41, 5.74) is 0.794. The van der Waals surface area contributed by atoms with Crippen molar-refractivity contribution in [2.75, 3.05) is 25.7 Å². The molecule has 7 nitrogen and oxygen atoms in total. The van der Waals surface area contributed by atoms with E-state index in [9.17, 15) is 9.59 Å². The summed E-state index contributed by atoms with van der Waals surface area (Å²) in [6.07, 6.45) is 9.42. The number of rotatable bonds is 5. The topological polar surface area (TPSA) is 81.6 Å². The standard InChI is InChI=1S/C15H21BrN2O2.C7H5BrClNO2/c1-3-18(12-7-5-4-6-8-12)14-13(15(19)20-2)9-11(16)10-17-14;1-12-7(11)5-2-4(8)3-10-6(5)9/h9-10,12H,3-8H2,1-2H3;2-3H,1H3. The van der Waals surface area contributed by atoms with Crippen LogP contribution in [-0.2, 0) is 9.47 Å². The van der Waals surface area contributed by atoms with Gasteiger partial charge in [0.15, 0.2) is 0 Å². The second-order valence-electron chi connectivity index (χ2n) is 7.08. The van der Waals surface area contributed by atoms with Crippen molar-refractivity contribution in [3.8, 4) is 0 Å². The van der Waals surface area contributed by atoms with Crippen molar-refractivity contribution in [1.29, 1.82) is 0 Å². The number of hydrogen-bond acceptors (Lipinski definition) is 7. The fourth-order valence-electron chi connectivity index (χ4n) is 3.57. The maximum absolute atomic E-state index is 12.0. The van der Waals surface area contributed by atoms with Crippen molar-refractivity contribution >= 4 is 61.2 Å². The highest BCUT2D eigenvalue weighted by molar-refractivity contribution is 9.10. The predicted molar refractivity (Wildman–Crippen MR) is 131 cm³/mol. The van der Waals surface area contributed by atoms with Crippen molar-refractivity contribution in [3.63, 3.8) is 0 Å². The minimum absolute atomic E-state index is 0.144. The number of carbonyl (C=O) groups excluding carboxylic acids is 2. The molecule has 0 unspecified atom stereocenters. The van der Waals surface area contributed by atoms with Gasteiger partial charge in [0.25, 0.3) is 0 Å². The molecule has 0 spiro atoms. The van der Waals surface area contributed by atoms with Crippen LogP contribution in [-0.4, -0.2) is 48.7 Å². The number of methoxy groups -OCH3 is 2. The number of esters is 2. The van der Waals surface area contributed by atoms with Gasteiger partial charge < -0.3 is 14.4 Å². The first kappa shape index (κ1) is 26.5. The van der Waals surface area contributed by atoms with Crippen molar-refractivity contribution in [2.24, 2.45) is 0 Å². The lowest BCUT2D eigenvalue weighted by atomic mass is 9.94. The largest absolute Gasteiger partial charge is 0.465 e. The number of anilines is 1. The molecule has 0 bridgehead atoms. The van der Waals surface area contributed by atoms with Crippen LogP contribution < -0.4 is 4.90 Å². The molecule has 0 amide bonds. The van der Waals surface area contributed by atoms with Gasteiger partial charge in [-0.05, 0) is 63.8 Å². The molecule has 0 N–H and O–H groups in total. The fourth-order valence-corrected chi connectivity index (χ4v) is 4.41. The first-order chi connectivity index (χ1) is 15.3. The minimum atomic E-state index is -0.492.